The number of fused-ring (bicyclic) bond motifs is 3. The van der Waals surface area contributed by atoms with Crippen molar-refractivity contribution in [3.8, 4) is 0 Å². The molecule has 0 spiro atoms. The Kier molecular flexibility index (Phi) is 5.71. The van der Waals surface area contributed by atoms with E-state index in [2.05, 4.69) is 4.98 Å². The van der Waals surface area contributed by atoms with Crippen LogP contribution in [0.1, 0.15) is 71.0 Å². The van der Waals surface area contributed by atoms with Crippen molar-refractivity contribution in [2.45, 2.75) is 90.4 Å². The van der Waals surface area contributed by atoms with Gasteiger partial charge in [-0.05, 0) is 45.4 Å². The molecule has 2 fully saturated rings. The largest absolute Gasteiger partial charge is 0.450 e. The highest BCUT2D eigenvalue weighted by Crippen LogP contribution is 2.42. The molecule has 0 saturated carbocycles. The van der Waals surface area contributed by atoms with E-state index in [1.165, 1.54) is 4.57 Å². The number of H-pyrrole nitrogens is 1. The Morgan fingerprint density at radius 2 is 1.70 bits per heavy atom. The summed E-state index contributed by atoms with van der Waals surface area (Å²) >= 11 is 0. The molecular weight excluding hydrogens is 386 g/mol. The van der Waals surface area contributed by atoms with Crippen LogP contribution in [0.25, 0.3) is 11.2 Å². The third-order valence-corrected chi connectivity index (χ3v) is 6.37. The fraction of sp³-hybridized carbons (Fsp3) is 0.714. The number of aromatic nitrogens is 4. The van der Waals surface area contributed by atoms with Gasteiger partial charge in [-0.3, -0.25) is 13.9 Å². The number of piperidine rings is 1. The minimum absolute atomic E-state index is 0.129. The number of carbonyl (C=O) groups excluding carboxylic acids is 1. The van der Waals surface area contributed by atoms with Gasteiger partial charge in [0.15, 0.2) is 5.65 Å². The standard InChI is InChI=1S/C21H31N5O4/c1-4-9-24-18-16(19(27)25(10-5-2)20(24)28)22-17(23-18)13-11-14-7-8-15(12-13)26(14)21(29)30-6-3/h13-15H,4-12H2,1-3H3,(H,22,23)/t13?,14-,15+. The molecule has 9 nitrogen and oxygen atoms in total. The first-order chi connectivity index (χ1) is 14.5. The van der Waals surface area contributed by atoms with Gasteiger partial charge in [0.05, 0.1) is 6.61 Å². The van der Waals surface area contributed by atoms with Gasteiger partial charge in [0.2, 0.25) is 0 Å². The summed E-state index contributed by atoms with van der Waals surface area (Å²) in [5.41, 5.74) is 0.280. The van der Waals surface area contributed by atoms with Gasteiger partial charge in [0.1, 0.15) is 11.3 Å². The Labute approximate surface area is 175 Å². The number of amides is 1. The molecule has 164 valence electrons. The molecule has 30 heavy (non-hydrogen) atoms. The lowest BCUT2D eigenvalue weighted by molar-refractivity contribution is 0.0683. The van der Waals surface area contributed by atoms with E-state index in [0.717, 1.165) is 37.9 Å². The number of aromatic amines is 1. The summed E-state index contributed by atoms with van der Waals surface area (Å²) in [6, 6.07) is 0.270. The van der Waals surface area contributed by atoms with Gasteiger partial charge in [0.25, 0.3) is 5.56 Å². The normalized spacial score (nSPS) is 23.3. The fourth-order valence-corrected chi connectivity index (χ4v) is 5.12. The third-order valence-electron chi connectivity index (χ3n) is 6.37. The molecule has 4 heterocycles. The molecule has 2 aliphatic rings. The number of rotatable bonds is 6. The molecule has 2 aromatic heterocycles. The van der Waals surface area contributed by atoms with Crippen molar-refractivity contribution in [1.82, 2.24) is 24.0 Å². The second-order valence-electron chi connectivity index (χ2n) is 8.37. The van der Waals surface area contributed by atoms with Crippen LogP contribution in [0.2, 0.25) is 0 Å². The van der Waals surface area contributed by atoms with Gasteiger partial charge in [0, 0.05) is 31.1 Å². The molecule has 0 radical (unpaired) electrons. The second-order valence-corrected chi connectivity index (χ2v) is 8.37. The molecule has 2 saturated heterocycles. The van der Waals surface area contributed by atoms with Gasteiger partial charge >= 0.3 is 11.8 Å². The average molecular weight is 418 g/mol. The number of ether oxygens (including phenoxy) is 1. The minimum atomic E-state index is -0.296. The van der Waals surface area contributed by atoms with Gasteiger partial charge < -0.3 is 14.6 Å². The van der Waals surface area contributed by atoms with Crippen molar-refractivity contribution in [2.75, 3.05) is 6.61 Å². The van der Waals surface area contributed by atoms with Crippen molar-refractivity contribution in [3.63, 3.8) is 0 Å². The number of imidazole rings is 1. The SMILES string of the molecule is CCCn1c(=O)c2[nH]c(C3C[C@H]4CC[C@@H](C3)N4C(=O)OCC)nc2n(CCC)c1=O. The van der Waals surface area contributed by atoms with Gasteiger partial charge in [-0.15, -0.1) is 0 Å². The van der Waals surface area contributed by atoms with Crippen LogP contribution in [0.5, 0.6) is 0 Å². The summed E-state index contributed by atoms with van der Waals surface area (Å²) in [6.07, 6.45) is 4.76. The zero-order chi connectivity index (χ0) is 21.4. The summed E-state index contributed by atoms with van der Waals surface area (Å²) in [7, 11) is 0. The fourth-order valence-electron chi connectivity index (χ4n) is 5.12. The van der Waals surface area contributed by atoms with E-state index in [-0.39, 0.29) is 35.3 Å². The van der Waals surface area contributed by atoms with Crippen LogP contribution in [-0.4, -0.2) is 48.8 Å². The number of nitrogens with zero attached hydrogens (tertiary/aromatic N) is 4. The van der Waals surface area contributed by atoms with E-state index in [1.807, 2.05) is 25.7 Å². The van der Waals surface area contributed by atoms with Gasteiger partial charge in [-0.1, -0.05) is 13.8 Å². The zero-order valence-electron chi connectivity index (χ0n) is 18.0. The number of hydrogen-bond acceptors (Lipinski definition) is 5. The zero-order valence-corrected chi connectivity index (χ0v) is 18.0. The average Bonchev–Trinajstić information content (AvgIpc) is 3.28. The predicted octanol–water partition coefficient (Wildman–Crippen LogP) is 2.57. The second kappa shape index (κ2) is 8.28. The third kappa shape index (κ3) is 3.33. The molecule has 2 bridgehead atoms. The molecule has 2 aliphatic heterocycles. The smallest absolute Gasteiger partial charge is 0.410 e. The lowest BCUT2D eigenvalue weighted by atomic mass is 9.90. The monoisotopic (exact) mass is 417 g/mol. The summed E-state index contributed by atoms with van der Waals surface area (Å²) in [5.74, 6) is 0.880. The predicted molar refractivity (Wildman–Crippen MR) is 113 cm³/mol. The lowest BCUT2D eigenvalue weighted by Gasteiger charge is -2.37. The quantitative estimate of drug-likeness (QED) is 0.778. The van der Waals surface area contributed by atoms with E-state index in [9.17, 15) is 14.4 Å². The highest BCUT2D eigenvalue weighted by atomic mass is 16.6. The van der Waals surface area contributed by atoms with Crippen LogP contribution in [0.3, 0.4) is 0 Å². The highest BCUT2D eigenvalue weighted by Gasteiger charge is 2.45. The van der Waals surface area contributed by atoms with Crippen LogP contribution in [0.15, 0.2) is 9.59 Å². The maximum Gasteiger partial charge on any atom is 0.410 e. The number of aryl methyl sites for hydroxylation is 1. The molecular formula is C21H31N5O4. The van der Waals surface area contributed by atoms with Crippen LogP contribution in [-0.2, 0) is 17.8 Å². The molecule has 0 aromatic carbocycles. The van der Waals surface area contributed by atoms with E-state index >= 15 is 0 Å². The topological polar surface area (TPSA) is 102 Å². The Morgan fingerprint density at radius 3 is 2.30 bits per heavy atom. The number of hydrogen-bond donors (Lipinski definition) is 1. The van der Waals surface area contributed by atoms with E-state index in [1.54, 1.807) is 4.57 Å². The number of carbonyl (C=O) groups is 1. The van der Waals surface area contributed by atoms with Crippen LogP contribution in [0, 0.1) is 0 Å². The Bertz CT molecular complexity index is 1040. The van der Waals surface area contributed by atoms with Crippen molar-refractivity contribution < 1.29 is 9.53 Å². The maximum absolute atomic E-state index is 13.0. The molecule has 1 amide bonds. The van der Waals surface area contributed by atoms with Crippen molar-refractivity contribution in [2.24, 2.45) is 0 Å². The first-order valence-electron chi connectivity index (χ1n) is 11.2. The van der Waals surface area contributed by atoms with Gasteiger partial charge in [-0.25, -0.2) is 14.6 Å². The van der Waals surface area contributed by atoms with Crippen LogP contribution < -0.4 is 11.2 Å². The summed E-state index contributed by atoms with van der Waals surface area (Å²) in [6.45, 7) is 7.07. The molecule has 1 N–H and O–H groups in total. The highest BCUT2D eigenvalue weighted by molar-refractivity contribution is 5.70. The summed E-state index contributed by atoms with van der Waals surface area (Å²) in [5, 5.41) is 0. The Morgan fingerprint density at radius 1 is 1.07 bits per heavy atom. The Hall–Kier alpha value is -2.58. The maximum atomic E-state index is 13.0. The molecule has 3 atom stereocenters. The van der Waals surface area contributed by atoms with E-state index in [4.69, 9.17) is 9.72 Å². The van der Waals surface area contributed by atoms with Gasteiger partial charge in [-0.2, -0.15) is 0 Å². The van der Waals surface area contributed by atoms with Crippen LogP contribution >= 0.6 is 0 Å². The molecule has 1 unspecified atom stereocenters. The van der Waals surface area contributed by atoms with Crippen LogP contribution in [0.4, 0.5) is 4.79 Å². The molecule has 2 aromatic rings. The minimum Gasteiger partial charge on any atom is -0.450 e. The first kappa shape index (κ1) is 20.7. The summed E-state index contributed by atoms with van der Waals surface area (Å²) in [4.78, 5) is 48.1. The molecule has 0 aliphatic carbocycles. The van der Waals surface area contributed by atoms with E-state index < -0.39 is 0 Å². The number of nitrogens with one attached hydrogen (secondary N) is 1. The molecule has 9 heteroatoms. The summed E-state index contributed by atoms with van der Waals surface area (Å²) < 4.78 is 8.17. The van der Waals surface area contributed by atoms with E-state index in [0.29, 0.717) is 37.3 Å². The lowest BCUT2D eigenvalue weighted by Crippen LogP contribution is -2.46. The molecule has 4 rings (SSSR count). The van der Waals surface area contributed by atoms with Crippen molar-refractivity contribution in [3.05, 3.63) is 26.7 Å². The Balaban J connectivity index is 1.71. The van der Waals surface area contributed by atoms with Crippen molar-refractivity contribution in [1.29, 1.82) is 0 Å². The van der Waals surface area contributed by atoms with Crippen molar-refractivity contribution >= 4 is 17.3 Å². The first-order valence-corrected chi connectivity index (χ1v) is 11.2.